The highest BCUT2D eigenvalue weighted by atomic mass is 35.5. The van der Waals surface area contributed by atoms with E-state index in [9.17, 15) is 0 Å². The molecule has 16 heavy (non-hydrogen) atoms. The highest BCUT2D eigenvalue weighted by molar-refractivity contribution is 6.29. The Kier molecular flexibility index (Phi) is 3.01. The lowest BCUT2D eigenvalue weighted by Crippen LogP contribution is -2.00. The summed E-state index contributed by atoms with van der Waals surface area (Å²) in [5.74, 6) is 0. The molecule has 0 aliphatic carbocycles. The van der Waals surface area contributed by atoms with Crippen LogP contribution < -0.4 is 0 Å². The molecular weight excluding hydrogens is 220 g/mol. The predicted molar refractivity (Wildman–Crippen MR) is 67.4 cm³/mol. The van der Waals surface area contributed by atoms with Crippen LogP contribution in [-0.4, -0.2) is 9.78 Å². The quantitative estimate of drug-likeness (QED) is 0.775. The number of rotatable bonds is 2. The number of halogens is 1. The SMILES string of the molecule is CCc1cc(Cl)n(-c2cc(C)ccc2C)n1. The smallest absolute Gasteiger partial charge is 0.133 e. The molecule has 1 aromatic heterocycles. The molecule has 0 aliphatic rings. The molecule has 2 rings (SSSR count). The molecule has 0 aliphatic heterocycles. The largest absolute Gasteiger partial charge is 0.222 e. The van der Waals surface area contributed by atoms with E-state index < -0.39 is 0 Å². The van der Waals surface area contributed by atoms with Crippen LogP contribution in [0.2, 0.25) is 5.15 Å². The van der Waals surface area contributed by atoms with E-state index in [0.29, 0.717) is 5.15 Å². The lowest BCUT2D eigenvalue weighted by Gasteiger charge is -2.08. The van der Waals surface area contributed by atoms with Crippen LogP contribution in [0.15, 0.2) is 24.3 Å². The minimum absolute atomic E-state index is 0.672. The summed E-state index contributed by atoms with van der Waals surface area (Å²) >= 11 is 6.18. The number of benzene rings is 1. The van der Waals surface area contributed by atoms with Crippen LogP contribution in [0.25, 0.3) is 5.69 Å². The first-order valence-electron chi connectivity index (χ1n) is 5.44. The van der Waals surface area contributed by atoms with Crippen molar-refractivity contribution in [3.63, 3.8) is 0 Å². The summed E-state index contributed by atoms with van der Waals surface area (Å²) in [6.07, 6.45) is 0.900. The highest BCUT2D eigenvalue weighted by Gasteiger charge is 2.08. The zero-order valence-corrected chi connectivity index (χ0v) is 10.5. The number of aryl methyl sites for hydroxylation is 3. The van der Waals surface area contributed by atoms with Gasteiger partial charge in [-0.3, -0.25) is 0 Å². The molecule has 1 heterocycles. The molecule has 0 saturated heterocycles. The molecule has 0 bridgehead atoms. The van der Waals surface area contributed by atoms with Crippen molar-refractivity contribution in [1.82, 2.24) is 9.78 Å². The Morgan fingerprint density at radius 2 is 2.00 bits per heavy atom. The van der Waals surface area contributed by atoms with Gasteiger partial charge < -0.3 is 0 Å². The van der Waals surface area contributed by atoms with Crippen molar-refractivity contribution < 1.29 is 0 Å². The van der Waals surface area contributed by atoms with Crippen molar-refractivity contribution in [3.8, 4) is 5.69 Å². The van der Waals surface area contributed by atoms with Crippen molar-refractivity contribution in [2.24, 2.45) is 0 Å². The Morgan fingerprint density at radius 1 is 1.25 bits per heavy atom. The van der Waals surface area contributed by atoms with Gasteiger partial charge in [-0.25, -0.2) is 4.68 Å². The Hall–Kier alpha value is -1.28. The Labute approximate surface area is 101 Å². The first-order valence-corrected chi connectivity index (χ1v) is 5.81. The maximum atomic E-state index is 6.18. The molecular formula is C13H15ClN2. The fourth-order valence-electron chi connectivity index (χ4n) is 1.69. The van der Waals surface area contributed by atoms with Crippen LogP contribution in [0.4, 0.5) is 0 Å². The number of hydrogen-bond acceptors (Lipinski definition) is 1. The minimum atomic E-state index is 0.672. The van der Waals surface area contributed by atoms with E-state index in [0.717, 1.165) is 17.8 Å². The Morgan fingerprint density at radius 3 is 2.62 bits per heavy atom. The second-order valence-corrected chi connectivity index (χ2v) is 4.40. The minimum Gasteiger partial charge on any atom is -0.222 e. The third kappa shape index (κ3) is 1.98. The molecule has 0 spiro atoms. The van der Waals surface area contributed by atoms with Gasteiger partial charge in [-0.2, -0.15) is 5.10 Å². The molecule has 0 N–H and O–H groups in total. The highest BCUT2D eigenvalue weighted by Crippen LogP contribution is 2.21. The number of aromatic nitrogens is 2. The van der Waals surface area contributed by atoms with Gasteiger partial charge in [0.05, 0.1) is 11.4 Å². The van der Waals surface area contributed by atoms with E-state index in [1.807, 2.05) is 10.7 Å². The maximum Gasteiger partial charge on any atom is 0.133 e. The van der Waals surface area contributed by atoms with E-state index >= 15 is 0 Å². The van der Waals surface area contributed by atoms with Gasteiger partial charge in [-0.15, -0.1) is 0 Å². The van der Waals surface area contributed by atoms with E-state index in [-0.39, 0.29) is 0 Å². The molecule has 1 aromatic carbocycles. The van der Waals surface area contributed by atoms with Crippen LogP contribution in [0, 0.1) is 13.8 Å². The summed E-state index contributed by atoms with van der Waals surface area (Å²) in [7, 11) is 0. The van der Waals surface area contributed by atoms with Crippen LogP contribution in [-0.2, 0) is 6.42 Å². The summed E-state index contributed by atoms with van der Waals surface area (Å²) in [5, 5.41) is 5.16. The second-order valence-electron chi connectivity index (χ2n) is 4.01. The molecule has 3 heteroatoms. The van der Waals surface area contributed by atoms with Gasteiger partial charge in [0.1, 0.15) is 5.15 Å². The molecule has 0 amide bonds. The van der Waals surface area contributed by atoms with E-state index in [4.69, 9.17) is 11.6 Å². The monoisotopic (exact) mass is 234 g/mol. The number of hydrogen-bond donors (Lipinski definition) is 0. The van der Waals surface area contributed by atoms with Crippen LogP contribution >= 0.6 is 11.6 Å². The summed E-state index contributed by atoms with van der Waals surface area (Å²) in [5.41, 5.74) is 4.47. The summed E-state index contributed by atoms with van der Waals surface area (Å²) in [6.45, 7) is 6.21. The molecule has 0 fully saturated rings. The third-order valence-corrected chi connectivity index (χ3v) is 2.94. The summed E-state index contributed by atoms with van der Waals surface area (Å²) in [6, 6.07) is 8.21. The maximum absolute atomic E-state index is 6.18. The van der Waals surface area contributed by atoms with Gasteiger partial charge in [0, 0.05) is 0 Å². The van der Waals surface area contributed by atoms with E-state index in [1.165, 1.54) is 11.1 Å². The third-order valence-electron chi connectivity index (χ3n) is 2.67. The van der Waals surface area contributed by atoms with E-state index in [1.54, 1.807) is 0 Å². The molecule has 84 valence electrons. The number of nitrogens with zero attached hydrogens (tertiary/aromatic N) is 2. The van der Waals surface area contributed by atoms with Gasteiger partial charge >= 0.3 is 0 Å². The average Bonchev–Trinajstić information content (AvgIpc) is 2.63. The van der Waals surface area contributed by atoms with Gasteiger partial charge in [0.15, 0.2) is 0 Å². The predicted octanol–water partition coefficient (Wildman–Crippen LogP) is 3.70. The molecule has 2 nitrogen and oxygen atoms in total. The Balaban J connectivity index is 2.57. The van der Waals surface area contributed by atoms with Crippen molar-refractivity contribution in [3.05, 3.63) is 46.2 Å². The van der Waals surface area contributed by atoms with Crippen molar-refractivity contribution in [2.45, 2.75) is 27.2 Å². The molecule has 2 aromatic rings. The Bertz CT molecular complexity index is 515. The molecule has 0 unspecified atom stereocenters. The molecule has 0 atom stereocenters. The van der Waals surface area contributed by atoms with Gasteiger partial charge in [-0.05, 0) is 43.5 Å². The van der Waals surface area contributed by atoms with Crippen molar-refractivity contribution >= 4 is 11.6 Å². The lowest BCUT2D eigenvalue weighted by molar-refractivity contribution is 0.835. The normalized spacial score (nSPS) is 10.8. The average molecular weight is 235 g/mol. The van der Waals surface area contributed by atoms with Gasteiger partial charge in [-0.1, -0.05) is 30.7 Å². The topological polar surface area (TPSA) is 17.8 Å². The first kappa shape index (κ1) is 11.2. The van der Waals surface area contributed by atoms with Crippen LogP contribution in [0.3, 0.4) is 0 Å². The molecule has 0 saturated carbocycles. The lowest BCUT2D eigenvalue weighted by atomic mass is 10.1. The summed E-state index contributed by atoms with van der Waals surface area (Å²) in [4.78, 5) is 0. The van der Waals surface area contributed by atoms with Crippen molar-refractivity contribution in [2.75, 3.05) is 0 Å². The molecule has 0 radical (unpaired) electrons. The zero-order valence-electron chi connectivity index (χ0n) is 9.79. The van der Waals surface area contributed by atoms with Gasteiger partial charge in [0.2, 0.25) is 0 Å². The standard InChI is InChI=1S/C13H15ClN2/c1-4-11-8-13(14)16(15-11)12-7-9(2)5-6-10(12)3/h5-8H,4H2,1-3H3. The van der Waals surface area contributed by atoms with Crippen LogP contribution in [0.5, 0.6) is 0 Å². The van der Waals surface area contributed by atoms with Crippen molar-refractivity contribution in [1.29, 1.82) is 0 Å². The fraction of sp³-hybridized carbons (Fsp3) is 0.308. The summed E-state index contributed by atoms with van der Waals surface area (Å²) < 4.78 is 1.81. The van der Waals surface area contributed by atoms with E-state index in [2.05, 4.69) is 44.1 Å². The van der Waals surface area contributed by atoms with Crippen LogP contribution in [0.1, 0.15) is 23.7 Å². The van der Waals surface area contributed by atoms with Gasteiger partial charge in [0.25, 0.3) is 0 Å². The second kappa shape index (κ2) is 4.30. The fourth-order valence-corrected chi connectivity index (χ4v) is 1.95. The first-order chi connectivity index (χ1) is 7.61. The zero-order chi connectivity index (χ0) is 11.7.